The summed E-state index contributed by atoms with van der Waals surface area (Å²) in [5.41, 5.74) is 1.34. The third-order valence-electron chi connectivity index (χ3n) is 3.44. The minimum atomic E-state index is -0.679. The van der Waals surface area contributed by atoms with Crippen LogP contribution in [0.4, 0.5) is 0 Å². The second-order valence-electron chi connectivity index (χ2n) is 4.07. The Morgan fingerprint density at radius 2 is 1.62 bits per heavy atom. The maximum Gasteiger partial charge on any atom is 0.130 e. The average molecular weight is 240 g/mol. The largest absolute Gasteiger partial charge is 0.496 e. The fraction of sp³-hybridized carbons (Fsp3) is 0.571. The Morgan fingerprint density at radius 3 is 2.06 bits per heavy atom. The first-order chi connectivity index (χ1) is 7.63. The van der Waals surface area contributed by atoms with Gasteiger partial charge in [0.1, 0.15) is 5.75 Å². The van der Waals surface area contributed by atoms with E-state index < -0.39 is 10.0 Å². The van der Waals surface area contributed by atoms with Crippen LogP contribution in [0.2, 0.25) is 0 Å². The van der Waals surface area contributed by atoms with Gasteiger partial charge in [0.25, 0.3) is 0 Å². The molecule has 0 spiro atoms. The van der Waals surface area contributed by atoms with Gasteiger partial charge in [0.05, 0.1) is 7.11 Å². The van der Waals surface area contributed by atoms with E-state index in [0.29, 0.717) is 0 Å². The number of hydrogen-bond donors (Lipinski definition) is 0. The lowest BCUT2D eigenvalue weighted by atomic mass is 10.2. The van der Waals surface area contributed by atoms with E-state index in [-0.39, 0.29) is 0 Å². The molecule has 0 saturated heterocycles. The molecule has 16 heavy (non-hydrogen) atoms. The second-order valence-corrected chi connectivity index (χ2v) is 8.33. The molecular weight excluding hydrogens is 216 g/mol. The number of methoxy groups -OCH3 is 1. The maximum atomic E-state index is 5.53. The predicted molar refractivity (Wildman–Crippen MR) is 75.2 cm³/mol. The molecule has 2 heteroatoms. The fourth-order valence-corrected chi connectivity index (χ4v) is 5.37. The normalized spacial score (nSPS) is 12.6. The van der Waals surface area contributed by atoms with Gasteiger partial charge in [-0.05, 0) is 41.9 Å². The zero-order chi connectivity index (χ0) is 12.2. The van der Waals surface area contributed by atoms with Crippen LogP contribution in [-0.2, 0) is 0 Å². The summed E-state index contributed by atoms with van der Waals surface area (Å²) in [6, 6.07) is 6.57. The molecule has 0 amide bonds. The SMILES string of the molecule is CCS(CC)(CC)c1cc(C)ccc1OC. The van der Waals surface area contributed by atoms with E-state index in [9.17, 15) is 0 Å². The minimum absolute atomic E-state index is 0.679. The summed E-state index contributed by atoms with van der Waals surface area (Å²) in [6.45, 7) is 9.09. The fourth-order valence-electron chi connectivity index (χ4n) is 2.20. The van der Waals surface area contributed by atoms with Gasteiger partial charge in [-0.2, -0.15) is 0 Å². The van der Waals surface area contributed by atoms with Crippen LogP contribution >= 0.6 is 10.0 Å². The van der Waals surface area contributed by atoms with Crippen molar-refractivity contribution in [2.24, 2.45) is 0 Å². The van der Waals surface area contributed by atoms with Crippen molar-refractivity contribution < 1.29 is 4.74 Å². The molecule has 0 aliphatic carbocycles. The average Bonchev–Trinajstić information content (AvgIpc) is 2.32. The molecule has 0 aromatic heterocycles. The monoisotopic (exact) mass is 240 g/mol. The summed E-state index contributed by atoms with van der Waals surface area (Å²) in [6.07, 6.45) is 0. The summed E-state index contributed by atoms with van der Waals surface area (Å²) in [5, 5.41) is 0. The zero-order valence-corrected chi connectivity index (χ0v) is 12.0. The molecule has 0 unspecified atom stereocenters. The van der Waals surface area contributed by atoms with Gasteiger partial charge < -0.3 is 4.74 Å². The lowest BCUT2D eigenvalue weighted by Crippen LogP contribution is -2.11. The van der Waals surface area contributed by atoms with Crippen molar-refractivity contribution in [1.29, 1.82) is 0 Å². The Bertz CT molecular complexity index is 334. The number of aryl methyl sites for hydroxylation is 1. The second kappa shape index (κ2) is 5.62. The van der Waals surface area contributed by atoms with Gasteiger partial charge in [-0.1, -0.05) is 26.8 Å². The van der Waals surface area contributed by atoms with Crippen LogP contribution in [0.5, 0.6) is 5.75 Å². The highest BCUT2D eigenvalue weighted by Crippen LogP contribution is 2.58. The maximum absolute atomic E-state index is 5.53. The van der Waals surface area contributed by atoms with Crippen molar-refractivity contribution in [3.63, 3.8) is 0 Å². The summed E-state index contributed by atoms with van der Waals surface area (Å²) in [7, 11) is 1.10. The third-order valence-corrected chi connectivity index (χ3v) is 8.01. The van der Waals surface area contributed by atoms with E-state index >= 15 is 0 Å². The Morgan fingerprint density at radius 1 is 1.06 bits per heavy atom. The summed E-state index contributed by atoms with van der Waals surface area (Å²) >= 11 is 0. The smallest absolute Gasteiger partial charge is 0.130 e. The summed E-state index contributed by atoms with van der Waals surface area (Å²) < 4.78 is 5.53. The van der Waals surface area contributed by atoms with Gasteiger partial charge in [-0.25, -0.2) is 10.0 Å². The van der Waals surface area contributed by atoms with Gasteiger partial charge in [0.15, 0.2) is 0 Å². The molecule has 0 heterocycles. The van der Waals surface area contributed by atoms with Crippen molar-refractivity contribution >= 4 is 10.0 Å². The molecule has 1 aromatic rings. The molecule has 0 atom stereocenters. The van der Waals surface area contributed by atoms with Crippen molar-refractivity contribution in [2.75, 3.05) is 24.4 Å². The number of ether oxygens (including phenoxy) is 1. The molecule has 0 aliphatic rings. The predicted octanol–water partition coefficient (Wildman–Crippen LogP) is 4.23. The van der Waals surface area contributed by atoms with Crippen molar-refractivity contribution in [1.82, 2.24) is 0 Å². The van der Waals surface area contributed by atoms with Crippen LogP contribution in [-0.4, -0.2) is 24.4 Å². The molecule has 0 bridgehead atoms. The van der Waals surface area contributed by atoms with Gasteiger partial charge in [-0.15, -0.1) is 0 Å². The van der Waals surface area contributed by atoms with Crippen LogP contribution in [0.15, 0.2) is 23.1 Å². The molecule has 1 nitrogen and oxygen atoms in total. The molecule has 0 N–H and O–H groups in total. The van der Waals surface area contributed by atoms with E-state index in [1.807, 2.05) is 0 Å². The highest BCUT2D eigenvalue weighted by atomic mass is 32.3. The standard InChI is InChI=1S/C14H24OS/c1-6-16(7-2,8-3)14-11-12(4)9-10-13(14)15-5/h9-11H,6-8H2,1-5H3. The van der Waals surface area contributed by atoms with Crippen molar-refractivity contribution in [3.05, 3.63) is 23.8 Å². The lowest BCUT2D eigenvalue weighted by Gasteiger charge is -2.38. The Kier molecular flexibility index (Phi) is 4.72. The highest BCUT2D eigenvalue weighted by Gasteiger charge is 2.24. The molecule has 0 fully saturated rings. The van der Waals surface area contributed by atoms with Crippen LogP contribution < -0.4 is 4.74 Å². The van der Waals surface area contributed by atoms with E-state index in [2.05, 4.69) is 45.9 Å². The molecule has 1 aromatic carbocycles. The number of hydrogen-bond acceptors (Lipinski definition) is 1. The van der Waals surface area contributed by atoms with E-state index in [0.717, 1.165) is 5.75 Å². The number of benzene rings is 1. The summed E-state index contributed by atoms with van der Waals surface area (Å²) in [5.74, 6) is 4.82. The van der Waals surface area contributed by atoms with Crippen LogP contribution in [0.3, 0.4) is 0 Å². The van der Waals surface area contributed by atoms with E-state index in [4.69, 9.17) is 4.74 Å². The van der Waals surface area contributed by atoms with Gasteiger partial charge in [0.2, 0.25) is 0 Å². The first kappa shape index (κ1) is 13.4. The molecule has 0 radical (unpaired) electrons. The summed E-state index contributed by atoms with van der Waals surface area (Å²) in [4.78, 5) is 1.46. The Balaban J connectivity index is 3.32. The van der Waals surface area contributed by atoms with Gasteiger partial charge >= 0.3 is 0 Å². The van der Waals surface area contributed by atoms with E-state index in [1.54, 1.807) is 7.11 Å². The molecule has 1 rings (SSSR count). The number of rotatable bonds is 5. The first-order valence-corrected chi connectivity index (χ1v) is 8.18. The van der Waals surface area contributed by atoms with E-state index in [1.165, 1.54) is 27.7 Å². The minimum Gasteiger partial charge on any atom is -0.496 e. The zero-order valence-electron chi connectivity index (χ0n) is 11.2. The lowest BCUT2D eigenvalue weighted by molar-refractivity contribution is 0.404. The molecule has 0 saturated carbocycles. The van der Waals surface area contributed by atoms with Gasteiger partial charge in [0, 0.05) is 4.90 Å². The Labute approximate surface area is 102 Å². The third kappa shape index (κ3) is 2.37. The molecule has 92 valence electrons. The van der Waals surface area contributed by atoms with Crippen molar-refractivity contribution in [2.45, 2.75) is 32.6 Å². The van der Waals surface area contributed by atoms with Crippen LogP contribution in [0, 0.1) is 6.92 Å². The topological polar surface area (TPSA) is 9.23 Å². The molecular formula is C14H24OS. The quantitative estimate of drug-likeness (QED) is 0.748. The van der Waals surface area contributed by atoms with Gasteiger partial charge in [-0.3, -0.25) is 0 Å². The van der Waals surface area contributed by atoms with Crippen LogP contribution in [0.1, 0.15) is 26.3 Å². The van der Waals surface area contributed by atoms with Crippen LogP contribution in [0.25, 0.3) is 0 Å². The van der Waals surface area contributed by atoms with Crippen molar-refractivity contribution in [3.8, 4) is 5.75 Å². The molecule has 0 aliphatic heterocycles. The highest BCUT2D eigenvalue weighted by molar-refractivity contribution is 8.33. The Hall–Kier alpha value is -0.630. The first-order valence-electron chi connectivity index (χ1n) is 6.04.